The van der Waals surface area contributed by atoms with Crippen molar-refractivity contribution < 1.29 is 0 Å². The molecule has 0 spiro atoms. The number of nitrogens with zero attached hydrogens (tertiary/aromatic N) is 2. The Kier molecular flexibility index (Phi) is 8.53. The Morgan fingerprint density at radius 3 is 1.56 bits per heavy atom. The number of benzene rings is 11. The van der Waals surface area contributed by atoms with E-state index in [0.717, 1.165) is 22.7 Å². The van der Waals surface area contributed by atoms with Gasteiger partial charge in [-0.1, -0.05) is 188 Å². The second-order valence-corrected chi connectivity index (χ2v) is 16.1. The maximum absolute atomic E-state index is 2.44. The fourth-order valence-electron chi connectivity index (χ4n) is 9.59. The first-order valence-electron chi connectivity index (χ1n) is 21.3. The lowest BCUT2D eigenvalue weighted by atomic mass is 9.90. The molecule has 0 fully saturated rings. The van der Waals surface area contributed by atoms with Crippen LogP contribution >= 0.6 is 0 Å². The standard InChI is InChI=1S/C60H40N2/c1-3-16-46(17-4-1)59-53-21-11-9-14-43(53)28-36-54(59)45-26-33-51(34-27-45)61(52-35-25-41-13-7-8-18-47(41)39-52)50-31-23-42(24-32-50)48-30-37-56-57-38-29-44-15-10-12-22-55(44)60(57)62(58(56)40-48)49-19-5-2-6-20-49/h1-40H. The van der Waals surface area contributed by atoms with E-state index in [1.54, 1.807) is 0 Å². The van der Waals surface area contributed by atoms with Gasteiger partial charge < -0.3 is 9.47 Å². The predicted molar refractivity (Wildman–Crippen MR) is 264 cm³/mol. The molecule has 2 nitrogen and oxygen atoms in total. The predicted octanol–water partition coefficient (Wildman–Crippen LogP) is 16.7. The average Bonchev–Trinajstić information content (AvgIpc) is 3.69. The molecular formula is C60H40N2. The van der Waals surface area contributed by atoms with Crippen molar-refractivity contribution in [1.29, 1.82) is 0 Å². The summed E-state index contributed by atoms with van der Waals surface area (Å²) in [5.74, 6) is 0. The molecule has 290 valence electrons. The SMILES string of the molecule is c1ccc(-c2c(-c3ccc(N(c4ccc(-c5ccc6c7ccc8ccccc8c7n(-c7ccccc7)c6c5)cc4)c4ccc5ccccc5c4)cc3)ccc3ccccc23)cc1. The summed E-state index contributed by atoms with van der Waals surface area (Å²) in [5, 5.41) is 9.94. The van der Waals surface area contributed by atoms with E-state index >= 15 is 0 Å². The second-order valence-electron chi connectivity index (χ2n) is 16.1. The lowest BCUT2D eigenvalue weighted by molar-refractivity contribution is 1.19. The van der Waals surface area contributed by atoms with Gasteiger partial charge in [0.25, 0.3) is 0 Å². The Morgan fingerprint density at radius 2 is 0.823 bits per heavy atom. The second kappa shape index (κ2) is 14.8. The van der Waals surface area contributed by atoms with Crippen LogP contribution in [-0.2, 0) is 0 Å². The molecule has 0 saturated carbocycles. The number of rotatable bonds is 7. The van der Waals surface area contributed by atoms with Crippen LogP contribution in [0.4, 0.5) is 17.1 Å². The normalized spacial score (nSPS) is 11.5. The molecule has 0 saturated heterocycles. The van der Waals surface area contributed by atoms with E-state index in [9.17, 15) is 0 Å². The van der Waals surface area contributed by atoms with Gasteiger partial charge in [0.1, 0.15) is 0 Å². The van der Waals surface area contributed by atoms with Gasteiger partial charge in [0, 0.05) is 38.9 Å². The highest BCUT2D eigenvalue weighted by molar-refractivity contribution is 6.19. The highest BCUT2D eigenvalue weighted by atomic mass is 15.1. The third-order valence-corrected chi connectivity index (χ3v) is 12.5. The molecule has 0 unspecified atom stereocenters. The molecule has 2 heteroatoms. The van der Waals surface area contributed by atoms with Gasteiger partial charge in [-0.05, 0) is 115 Å². The molecule has 1 aromatic heterocycles. The molecule has 0 N–H and O–H groups in total. The zero-order valence-corrected chi connectivity index (χ0v) is 34.0. The van der Waals surface area contributed by atoms with E-state index < -0.39 is 0 Å². The molecule has 0 aliphatic carbocycles. The van der Waals surface area contributed by atoms with Crippen LogP contribution in [0.25, 0.3) is 93.2 Å². The van der Waals surface area contributed by atoms with E-state index in [2.05, 4.69) is 252 Å². The zero-order valence-electron chi connectivity index (χ0n) is 34.0. The summed E-state index contributed by atoms with van der Waals surface area (Å²) < 4.78 is 2.44. The fraction of sp³-hybridized carbons (Fsp3) is 0. The lowest BCUT2D eigenvalue weighted by Crippen LogP contribution is -2.09. The van der Waals surface area contributed by atoms with Crippen LogP contribution in [0.2, 0.25) is 0 Å². The van der Waals surface area contributed by atoms with Crippen molar-refractivity contribution >= 4 is 71.2 Å². The van der Waals surface area contributed by atoms with E-state index in [1.807, 2.05) is 0 Å². The molecule has 0 bridgehead atoms. The highest BCUT2D eigenvalue weighted by Gasteiger charge is 2.18. The summed E-state index contributed by atoms with van der Waals surface area (Å²) in [4.78, 5) is 2.38. The Hall–Kier alpha value is -8.20. The van der Waals surface area contributed by atoms with Gasteiger partial charge in [0.2, 0.25) is 0 Å². The summed E-state index contributed by atoms with van der Waals surface area (Å²) in [6.45, 7) is 0. The fourth-order valence-corrected chi connectivity index (χ4v) is 9.59. The van der Waals surface area contributed by atoms with Crippen LogP contribution in [0.5, 0.6) is 0 Å². The average molecular weight is 789 g/mol. The topological polar surface area (TPSA) is 8.17 Å². The summed E-state index contributed by atoms with van der Waals surface area (Å²) >= 11 is 0. The summed E-state index contributed by atoms with van der Waals surface area (Å²) in [5.41, 5.74) is 14.1. The molecule has 62 heavy (non-hydrogen) atoms. The number of anilines is 3. The number of hydrogen-bond donors (Lipinski definition) is 0. The maximum Gasteiger partial charge on any atom is 0.0619 e. The molecule has 0 aliphatic rings. The van der Waals surface area contributed by atoms with E-state index in [1.165, 1.54) is 87.5 Å². The maximum atomic E-state index is 2.44. The lowest BCUT2D eigenvalue weighted by Gasteiger charge is -2.26. The first-order valence-corrected chi connectivity index (χ1v) is 21.3. The molecule has 0 radical (unpaired) electrons. The largest absolute Gasteiger partial charge is 0.310 e. The number of fused-ring (bicyclic) bond motifs is 7. The molecule has 12 rings (SSSR count). The van der Waals surface area contributed by atoms with Crippen molar-refractivity contribution in [2.75, 3.05) is 4.90 Å². The Labute approximate surface area is 360 Å². The third-order valence-electron chi connectivity index (χ3n) is 12.5. The minimum Gasteiger partial charge on any atom is -0.310 e. The molecular weight excluding hydrogens is 749 g/mol. The third kappa shape index (κ3) is 6.04. The van der Waals surface area contributed by atoms with Crippen molar-refractivity contribution in [3.63, 3.8) is 0 Å². The molecule has 11 aromatic carbocycles. The van der Waals surface area contributed by atoms with Crippen molar-refractivity contribution in [1.82, 2.24) is 4.57 Å². The smallest absolute Gasteiger partial charge is 0.0619 e. The van der Waals surface area contributed by atoms with Gasteiger partial charge in [0.15, 0.2) is 0 Å². The first kappa shape index (κ1) is 35.7. The van der Waals surface area contributed by atoms with Crippen molar-refractivity contribution in [3.05, 3.63) is 243 Å². The molecule has 12 aromatic rings. The van der Waals surface area contributed by atoms with Gasteiger partial charge >= 0.3 is 0 Å². The van der Waals surface area contributed by atoms with Gasteiger partial charge in [-0.15, -0.1) is 0 Å². The first-order chi connectivity index (χ1) is 30.7. The Bertz CT molecular complexity index is 3600. The van der Waals surface area contributed by atoms with Crippen molar-refractivity contribution in [2.45, 2.75) is 0 Å². The number of aromatic nitrogens is 1. The molecule has 0 aliphatic heterocycles. The summed E-state index contributed by atoms with van der Waals surface area (Å²) in [7, 11) is 0. The molecule has 0 atom stereocenters. The van der Waals surface area contributed by atoms with E-state index in [4.69, 9.17) is 0 Å². The minimum absolute atomic E-state index is 1.10. The Balaban J connectivity index is 0.969. The Morgan fingerprint density at radius 1 is 0.290 bits per heavy atom. The van der Waals surface area contributed by atoms with Crippen LogP contribution < -0.4 is 4.90 Å². The van der Waals surface area contributed by atoms with Crippen LogP contribution in [0.15, 0.2) is 243 Å². The van der Waals surface area contributed by atoms with Crippen LogP contribution in [-0.4, -0.2) is 4.57 Å². The van der Waals surface area contributed by atoms with E-state index in [-0.39, 0.29) is 0 Å². The summed E-state index contributed by atoms with van der Waals surface area (Å²) in [6.07, 6.45) is 0. The van der Waals surface area contributed by atoms with Crippen LogP contribution in [0.1, 0.15) is 0 Å². The van der Waals surface area contributed by atoms with Crippen LogP contribution in [0, 0.1) is 0 Å². The van der Waals surface area contributed by atoms with E-state index in [0.29, 0.717) is 0 Å². The van der Waals surface area contributed by atoms with Gasteiger partial charge in [-0.2, -0.15) is 0 Å². The number of para-hydroxylation sites is 1. The quantitative estimate of drug-likeness (QED) is 0.156. The minimum atomic E-state index is 1.10. The van der Waals surface area contributed by atoms with Gasteiger partial charge in [-0.25, -0.2) is 0 Å². The van der Waals surface area contributed by atoms with Crippen molar-refractivity contribution in [3.8, 4) is 39.1 Å². The molecule has 0 amide bonds. The summed E-state index contributed by atoms with van der Waals surface area (Å²) in [6, 6.07) is 88.4. The molecule has 1 heterocycles. The number of hydrogen-bond acceptors (Lipinski definition) is 1. The highest BCUT2D eigenvalue weighted by Crippen LogP contribution is 2.43. The monoisotopic (exact) mass is 788 g/mol. The zero-order chi connectivity index (χ0) is 41.0. The van der Waals surface area contributed by atoms with Crippen molar-refractivity contribution in [2.24, 2.45) is 0 Å². The van der Waals surface area contributed by atoms with Crippen LogP contribution in [0.3, 0.4) is 0 Å². The van der Waals surface area contributed by atoms with Gasteiger partial charge in [0.05, 0.1) is 11.0 Å². The van der Waals surface area contributed by atoms with Gasteiger partial charge in [-0.3, -0.25) is 0 Å².